The molecule has 168 valence electrons. The number of nitrogens with one attached hydrogen (secondary N) is 1. The zero-order chi connectivity index (χ0) is 23.3. The number of carbonyl (C=O) groups is 2. The van der Waals surface area contributed by atoms with Gasteiger partial charge in [-0.15, -0.1) is 0 Å². The van der Waals surface area contributed by atoms with E-state index in [1.54, 1.807) is 42.5 Å². The predicted molar refractivity (Wildman–Crippen MR) is 109 cm³/mol. The van der Waals surface area contributed by atoms with E-state index < -0.39 is 36.4 Å². The molecule has 1 atom stereocenters. The van der Waals surface area contributed by atoms with Crippen molar-refractivity contribution in [1.29, 1.82) is 0 Å². The molecule has 1 unspecified atom stereocenters. The van der Waals surface area contributed by atoms with Crippen LogP contribution in [0.3, 0.4) is 0 Å². The maximum atomic E-state index is 13.2. The lowest BCUT2D eigenvalue weighted by atomic mass is 10.0. The monoisotopic (exact) mass is 467 g/mol. The maximum absolute atomic E-state index is 13.2. The van der Waals surface area contributed by atoms with Gasteiger partial charge in [-0.3, -0.25) is 9.59 Å². The van der Waals surface area contributed by atoms with Crippen molar-refractivity contribution in [2.45, 2.75) is 18.6 Å². The lowest BCUT2D eigenvalue weighted by molar-refractivity contribution is -0.141. The third-order valence-electron chi connectivity index (χ3n) is 4.31. The van der Waals surface area contributed by atoms with Crippen molar-refractivity contribution in [3.63, 3.8) is 0 Å². The Morgan fingerprint density at radius 1 is 1.12 bits per heavy atom. The first-order valence-corrected chi connectivity index (χ1v) is 9.64. The Labute approximate surface area is 185 Å². The van der Waals surface area contributed by atoms with Crippen molar-refractivity contribution in [1.82, 2.24) is 15.1 Å². The third kappa shape index (κ3) is 5.79. The highest BCUT2D eigenvalue weighted by atomic mass is 35.5. The Morgan fingerprint density at radius 2 is 1.78 bits per heavy atom. The van der Waals surface area contributed by atoms with Gasteiger partial charge in [0.1, 0.15) is 0 Å². The van der Waals surface area contributed by atoms with E-state index in [0.29, 0.717) is 11.6 Å². The molecule has 2 N–H and O–H groups in total. The van der Waals surface area contributed by atoms with Gasteiger partial charge >= 0.3 is 12.1 Å². The highest BCUT2D eigenvalue weighted by Gasteiger charge is 2.36. The molecule has 0 aliphatic heterocycles. The summed E-state index contributed by atoms with van der Waals surface area (Å²) < 4.78 is 45.7. The Morgan fingerprint density at radius 3 is 2.41 bits per heavy atom. The topological polar surface area (TPSA) is 93.5 Å². The van der Waals surface area contributed by atoms with Crippen LogP contribution < -0.4 is 10.1 Å². The van der Waals surface area contributed by atoms with Gasteiger partial charge in [0.15, 0.2) is 12.3 Å². The number of amides is 1. The molecule has 0 saturated carbocycles. The Hall–Kier alpha value is -3.53. The number of hydrogen-bond acceptors (Lipinski definition) is 4. The second-order valence-corrected chi connectivity index (χ2v) is 7.05. The van der Waals surface area contributed by atoms with E-state index in [1.165, 1.54) is 12.1 Å². The summed E-state index contributed by atoms with van der Waals surface area (Å²) in [5.74, 6) is -2.21. The lowest BCUT2D eigenvalue weighted by Crippen LogP contribution is -2.34. The minimum absolute atomic E-state index is 0.129. The van der Waals surface area contributed by atoms with Crippen molar-refractivity contribution in [3.05, 3.63) is 76.9 Å². The molecule has 0 saturated heterocycles. The fourth-order valence-electron chi connectivity index (χ4n) is 2.89. The molecule has 0 fully saturated rings. The number of halogens is 4. The number of benzene rings is 2. The molecule has 2 aromatic carbocycles. The number of para-hydroxylation sites is 1. The second kappa shape index (κ2) is 9.73. The van der Waals surface area contributed by atoms with Crippen LogP contribution in [0.15, 0.2) is 60.7 Å². The molecule has 7 nitrogen and oxygen atoms in total. The fourth-order valence-corrected chi connectivity index (χ4v) is 3.10. The standard InChI is InChI=1S/C21H17ClF3N3O4/c22-14-8-4-5-9-16(14)28-19(11-17(27-28)21(23,24)25)32-12-18(29)26-15(10-20(30)31)13-6-2-1-3-7-13/h1-9,11,15H,10,12H2,(H,26,29)(H,30,31). The van der Waals surface area contributed by atoms with Crippen LogP contribution in [0.1, 0.15) is 23.7 Å². The van der Waals surface area contributed by atoms with Crippen LogP contribution in [-0.4, -0.2) is 33.4 Å². The lowest BCUT2D eigenvalue weighted by Gasteiger charge is -2.18. The molecule has 1 amide bonds. The molecule has 32 heavy (non-hydrogen) atoms. The SMILES string of the molecule is O=C(O)CC(NC(=O)COc1cc(C(F)(F)F)nn1-c1ccccc1Cl)c1ccccc1. The quantitative estimate of drug-likeness (QED) is 0.516. The van der Waals surface area contributed by atoms with Gasteiger partial charge in [0.25, 0.3) is 5.91 Å². The van der Waals surface area contributed by atoms with Crippen LogP contribution in [0.4, 0.5) is 13.2 Å². The molecule has 0 spiro atoms. The molecule has 1 aromatic heterocycles. The Kier molecular flexibility index (Phi) is 7.04. The van der Waals surface area contributed by atoms with Crippen molar-refractivity contribution < 1.29 is 32.6 Å². The van der Waals surface area contributed by atoms with Crippen LogP contribution in [0.5, 0.6) is 5.88 Å². The van der Waals surface area contributed by atoms with E-state index in [1.807, 2.05) is 0 Å². The molecule has 0 aliphatic rings. The summed E-state index contributed by atoms with van der Waals surface area (Å²) in [5, 5.41) is 15.3. The van der Waals surface area contributed by atoms with Crippen molar-refractivity contribution in [2.24, 2.45) is 0 Å². The first-order valence-electron chi connectivity index (χ1n) is 9.26. The summed E-state index contributed by atoms with van der Waals surface area (Å²) in [6.07, 6.45) is -5.13. The van der Waals surface area contributed by atoms with Gasteiger partial charge in [-0.2, -0.15) is 23.0 Å². The number of nitrogens with zero attached hydrogens (tertiary/aromatic N) is 2. The summed E-state index contributed by atoms with van der Waals surface area (Å²) in [6, 6.07) is 14.3. The van der Waals surface area contributed by atoms with Gasteiger partial charge < -0.3 is 15.2 Å². The van der Waals surface area contributed by atoms with Crippen LogP contribution in [0, 0.1) is 0 Å². The van der Waals surface area contributed by atoms with Crippen LogP contribution in [0.2, 0.25) is 5.02 Å². The minimum Gasteiger partial charge on any atom is -0.481 e. The molecule has 11 heteroatoms. The zero-order valence-corrected chi connectivity index (χ0v) is 17.1. The summed E-state index contributed by atoms with van der Waals surface area (Å²) in [5.41, 5.74) is -0.530. The molecule has 0 radical (unpaired) electrons. The molecule has 0 aliphatic carbocycles. The molecule has 3 aromatic rings. The summed E-state index contributed by atoms with van der Waals surface area (Å²) in [6.45, 7) is -0.670. The number of carboxylic acid groups (broad SMARTS) is 1. The number of rotatable bonds is 8. The predicted octanol–water partition coefficient (Wildman–Crippen LogP) is 4.26. The van der Waals surface area contributed by atoms with E-state index in [2.05, 4.69) is 10.4 Å². The molecule has 3 rings (SSSR count). The average molecular weight is 468 g/mol. The van der Waals surface area contributed by atoms with Crippen molar-refractivity contribution >= 4 is 23.5 Å². The molecule has 1 heterocycles. The Balaban J connectivity index is 1.79. The number of ether oxygens (including phenoxy) is 1. The normalized spacial score (nSPS) is 12.2. The van der Waals surface area contributed by atoms with Crippen LogP contribution in [0.25, 0.3) is 5.69 Å². The number of carbonyl (C=O) groups excluding carboxylic acids is 1. The first-order chi connectivity index (χ1) is 15.1. The van der Waals surface area contributed by atoms with Crippen LogP contribution in [-0.2, 0) is 15.8 Å². The number of carboxylic acids is 1. The summed E-state index contributed by atoms with van der Waals surface area (Å²) >= 11 is 6.07. The van der Waals surface area contributed by atoms with Gasteiger partial charge in [-0.1, -0.05) is 54.1 Å². The number of hydrogen-bond donors (Lipinski definition) is 2. The molecular weight excluding hydrogens is 451 g/mol. The van der Waals surface area contributed by atoms with Gasteiger partial charge in [0.05, 0.1) is 23.2 Å². The van der Waals surface area contributed by atoms with E-state index in [0.717, 1.165) is 4.68 Å². The largest absolute Gasteiger partial charge is 0.481 e. The third-order valence-corrected chi connectivity index (χ3v) is 4.63. The maximum Gasteiger partial charge on any atom is 0.435 e. The zero-order valence-electron chi connectivity index (χ0n) is 16.3. The fraction of sp³-hybridized carbons (Fsp3) is 0.190. The van der Waals surface area contributed by atoms with Crippen LogP contribution >= 0.6 is 11.6 Å². The van der Waals surface area contributed by atoms with Crippen molar-refractivity contribution in [3.8, 4) is 11.6 Å². The van der Waals surface area contributed by atoms with E-state index in [9.17, 15) is 22.8 Å². The van der Waals surface area contributed by atoms with Gasteiger partial charge in [0.2, 0.25) is 5.88 Å². The summed E-state index contributed by atoms with van der Waals surface area (Å²) in [7, 11) is 0. The number of aliphatic carboxylic acids is 1. The number of aromatic nitrogens is 2. The Bertz CT molecular complexity index is 1100. The van der Waals surface area contributed by atoms with E-state index in [-0.39, 0.29) is 23.0 Å². The molecule has 0 bridgehead atoms. The van der Waals surface area contributed by atoms with Gasteiger partial charge in [0, 0.05) is 6.07 Å². The second-order valence-electron chi connectivity index (χ2n) is 6.65. The first kappa shape index (κ1) is 23.1. The average Bonchev–Trinajstić information content (AvgIpc) is 3.17. The van der Waals surface area contributed by atoms with Gasteiger partial charge in [-0.25, -0.2) is 0 Å². The minimum atomic E-state index is -4.74. The van der Waals surface area contributed by atoms with E-state index in [4.69, 9.17) is 21.4 Å². The highest BCUT2D eigenvalue weighted by Crippen LogP contribution is 2.33. The number of alkyl halides is 3. The van der Waals surface area contributed by atoms with Crippen molar-refractivity contribution in [2.75, 3.05) is 6.61 Å². The smallest absolute Gasteiger partial charge is 0.435 e. The highest BCUT2D eigenvalue weighted by molar-refractivity contribution is 6.32. The van der Waals surface area contributed by atoms with Gasteiger partial charge in [-0.05, 0) is 17.7 Å². The summed E-state index contributed by atoms with van der Waals surface area (Å²) in [4.78, 5) is 23.6. The van der Waals surface area contributed by atoms with E-state index >= 15 is 0 Å². The molecular formula is C21H17ClF3N3O4.